The largest absolute Gasteiger partial charge is 0.478 e. The van der Waals surface area contributed by atoms with Gasteiger partial charge in [-0.25, -0.2) is 9.18 Å². The molecule has 108 valence electrons. The van der Waals surface area contributed by atoms with Crippen LogP contribution in [0.25, 0.3) is 0 Å². The normalized spacial score (nSPS) is 10.2. The van der Waals surface area contributed by atoms with Gasteiger partial charge in [0.05, 0.1) is 5.56 Å². The molecule has 2 aromatic rings. The molecule has 0 saturated heterocycles. The first-order chi connectivity index (χ1) is 10.0. The number of halogens is 1. The molecule has 0 saturated carbocycles. The van der Waals surface area contributed by atoms with Crippen molar-refractivity contribution < 1.29 is 19.1 Å². The number of aromatic carboxylic acids is 1. The first kappa shape index (κ1) is 14.7. The van der Waals surface area contributed by atoms with Crippen molar-refractivity contribution in [3.05, 3.63) is 65.0 Å². The van der Waals surface area contributed by atoms with Gasteiger partial charge in [0, 0.05) is 17.8 Å². The topological polar surface area (TPSA) is 92.4 Å². The standard InChI is InChI=1S/C15H13FN2O3/c16-13-7-11(5-6-12(13)15(20)21)18-14(19)10-3-1-9(8-17)2-4-10/h1-7H,8,17H2,(H,18,19)(H,20,21). The van der Waals surface area contributed by atoms with E-state index in [2.05, 4.69) is 5.32 Å². The van der Waals surface area contributed by atoms with E-state index in [1.807, 2.05) is 0 Å². The molecule has 0 heterocycles. The Balaban J connectivity index is 2.15. The predicted octanol–water partition coefficient (Wildman–Crippen LogP) is 2.23. The molecule has 1 amide bonds. The molecule has 5 nitrogen and oxygen atoms in total. The maximum atomic E-state index is 13.5. The van der Waals surface area contributed by atoms with Crippen LogP contribution >= 0.6 is 0 Å². The van der Waals surface area contributed by atoms with E-state index < -0.39 is 23.3 Å². The maximum Gasteiger partial charge on any atom is 0.338 e. The number of rotatable bonds is 4. The maximum absolute atomic E-state index is 13.5. The van der Waals surface area contributed by atoms with Crippen LogP contribution in [-0.4, -0.2) is 17.0 Å². The molecule has 0 atom stereocenters. The molecule has 0 aliphatic carbocycles. The lowest BCUT2D eigenvalue weighted by molar-refractivity contribution is 0.0692. The van der Waals surface area contributed by atoms with Crippen molar-refractivity contribution in [1.29, 1.82) is 0 Å². The van der Waals surface area contributed by atoms with E-state index in [0.29, 0.717) is 12.1 Å². The summed E-state index contributed by atoms with van der Waals surface area (Å²) in [5, 5.41) is 11.2. The van der Waals surface area contributed by atoms with Crippen molar-refractivity contribution in [3.63, 3.8) is 0 Å². The molecule has 4 N–H and O–H groups in total. The van der Waals surface area contributed by atoms with Gasteiger partial charge < -0.3 is 16.2 Å². The zero-order chi connectivity index (χ0) is 15.4. The summed E-state index contributed by atoms with van der Waals surface area (Å²) in [7, 11) is 0. The van der Waals surface area contributed by atoms with E-state index in [1.54, 1.807) is 24.3 Å². The minimum Gasteiger partial charge on any atom is -0.478 e. The summed E-state index contributed by atoms with van der Waals surface area (Å²) in [6.07, 6.45) is 0. The lowest BCUT2D eigenvalue weighted by Crippen LogP contribution is -2.12. The molecule has 2 aromatic carbocycles. The number of amides is 1. The summed E-state index contributed by atoms with van der Waals surface area (Å²) in [6, 6.07) is 10.1. The third-order valence-electron chi connectivity index (χ3n) is 2.91. The highest BCUT2D eigenvalue weighted by molar-refractivity contribution is 6.04. The number of anilines is 1. The lowest BCUT2D eigenvalue weighted by atomic mass is 10.1. The Morgan fingerprint density at radius 1 is 1.14 bits per heavy atom. The Labute approximate surface area is 120 Å². The zero-order valence-corrected chi connectivity index (χ0v) is 11.0. The summed E-state index contributed by atoms with van der Waals surface area (Å²) in [5.41, 5.74) is 6.50. The second kappa shape index (κ2) is 6.15. The van der Waals surface area contributed by atoms with Gasteiger partial charge in [-0.05, 0) is 35.9 Å². The van der Waals surface area contributed by atoms with E-state index in [9.17, 15) is 14.0 Å². The van der Waals surface area contributed by atoms with Crippen molar-refractivity contribution in [2.24, 2.45) is 5.73 Å². The summed E-state index contributed by atoms with van der Waals surface area (Å²) in [4.78, 5) is 22.7. The van der Waals surface area contributed by atoms with Crippen molar-refractivity contribution >= 4 is 17.6 Å². The molecule has 0 unspecified atom stereocenters. The highest BCUT2D eigenvalue weighted by Gasteiger charge is 2.12. The van der Waals surface area contributed by atoms with Crippen LogP contribution in [0.15, 0.2) is 42.5 Å². The highest BCUT2D eigenvalue weighted by Crippen LogP contribution is 2.16. The van der Waals surface area contributed by atoms with Gasteiger partial charge in [0.15, 0.2) is 0 Å². The first-order valence-electron chi connectivity index (χ1n) is 6.14. The third kappa shape index (κ3) is 3.43. The van der Waals surface area contributed by atoms with Gasteiger partial charge in [-0.1, -0.05) is 12.1 Å². The van der Waals surface area contributed by atoms with Gasteiger partial charge in [-0.3, -0.25) is 4.79 Å². The zero-order valence-electron chi connectivity index (χ0n) is 11.0. The minimum absolute atomic E-state index is 0.186. The summed E-state index contributed by atoms with van der Waals surface area (Å²) in [5.74, 6) is -2.68. The number of carbonyl (C=O) groups excluding carboxylic acids is 1. The SMILES string of the molecule is NCc1ccc(C(=O)Nc2ccc(C(=O)O)c(F)c2)cc1. The Hall–Kier alpha value is -2.73. The molecule has 0 aromatic heterocycles. The number of hydrogen-bond acceptors (Lipinski definition) is 3. The average Bonchev–Trinajstić information content (AvgIpc) is 2.47. The Morgan fingerprint density at radius 2 is 1.81 bits per heavy atom. The quantitative estimate of drug-likeness (QED) is 0.804. The monoisotopic (exact) mass is 288 g/mol. The summed E-state index contributed by atoms with van der Waals surface area (Å²) >= 11 is 0. The van der Waals surface area contributed by atoms with Gasteiger partial charge in [0.2, 0.25) is 0 Å². The first-order valence-corrected chi connectivity index (χ1v) is 6.14. The minimum atomic E-state index is -1.36. The number of nitrogens with one attached hydrogen (secondary N) is 1. The van der Waals surface area contributed by atoms with Crippen LogP contribution in [0.4, 0.5) is 10.1 Å². The van der Waals surface area contributed by atoms with E-state index >= 15 is 0 Å². The number of hydrogen-bond donors (Lipinski definition) is 3. The Kier molecular flexibility index (Phi) is 4.30. The second-order valence-electron chi connectivity index (χ2n) is 4.35. The number of nitrogens with two attached hydrogens (primary N) is 1. The molecule has 0 bridgehead atoms. The predicted molar refractivity (Wildman–Crippen MR) is 75.6 cm³/mol. The van der Waals surface area contributed by atoms with Crippen molar-refractivity contribution in [3.8, 4) is 0 Å². The fourth-order valence-electron chi connectivity index (χ4n) is 1.76. The average molecular weight is 288 g/mol. The van der Waals surface area contributed by atoms with Crippen LogP contribution in [0.3, 0.4) is 0 Å². The van der Waals surface area contributed by atoms with Crippen LogP contribution in [-0.2, 0) is 6.54 Å². The number of carboxylic acids is 1. The second-order valence-corrected chi connectivity index (χ2v) is 4.35. The number of carboxylic acid groups (broad SMARTS) is 1. The third-order valence-corrected chi connectivity index (χ3v) is 2.91. The Bertz CT molecular complexity index is 684. The van der Waals surface area contributed by atoms with Gasteiger partial charge >= 0.3 is 5.97 Å². The van der Waals surface area contributed by atoms with E-state index in [-0.39, 0.29) is 5.69 Å². The van der Waals surface area contributed by atoms with E-state index in [0.717, 1.165) is 17.7 Å². The molecule has 0 radical (unpaired) electrons. The van der Waals surface area contributed by atoms with Gasteiger partial charge in [-0.2, -0.15) is 0 Å². The van der Waals surface area contributed by atoms with Gasteiger partial charge in [0.25, 0.3) is 5.91 Å². The summed E-state index contributed by atoms with van der Waals surface area (Å²) in [6.45, 7) is 0.379. The fourth-order valence-corrected chi connectivity index (χ4v) is 1.76. The lowest BCUT2D eigenvalue weighted by Gasteiger charge is -2.07. The van der Waals surface area contributed by atoms with Gasteiger partial charge in [-0.15, -0.1) is 0 Å². The van der Waals surface area contributed by atoms with Gasteiger partial charge in [0.1, 0.15) is 5.82 Å². The Morgan fingerprint density at radius 3 is 2.33 bits per heavy atom. The number of benzene rings is 2. The molecule has 0 spiro atoms. The van der Waals surface area contributed by atoms with Crippen molar-refractivity contribution in [2.45, 2.75) is 6.54 Å². The van der Waals surface area contributed by atoms with Crippen LogP contribution in [0, 0.1) is 5.82 Å². The van der Waals surface area contributed by atoms with Crippen molar-refractivity contribution in [1.82, 2.24) is 0 Å². The van der Waals surface area contributed by atoms with E-state index in [4.69, 9.17) is 10.8 Å². The molecular formula is C15H13FN2O3. The fraction of sp³-hybridized carbons (Fsp3) is 0.0667. The van der Waals surface area contributed by atoms with Crippen LogP contribution < -0.4 is 11.1 Å². The molecule has 0 aliphatic rings. The van der Waals surface area contributed by atoms with Crippen molar-refractivity contribution in [2.75, 3.05) is 5.32 Å². The molecule has 6 heteroatoms. The van der Waals surface area contributed by atoms with E-state index in [1.165, 1.54) is 6.07 Å². The molecule has 21 heavy (non-hydrogen) atoms. The molecular weight excluding hydrogens is 275 g/mol. The molecule has 0 fully saturated rings. The number of carbonyl (C=O) groups is 2. The van der Waals surface area contributed by atoms with Crippen LogP contribution in [0.1, 0.15) is 26.3 Å². The van der Waals surface area contributed by atoms with Crippen LogP contribution in [0.5, 0.6) is 0 Å². The smallest absolute Gasteiger partial charge is 0.338 e. The van der Waals surface area contributed by atoms with Crippen LogP contribution in [0.2, 0.25) is 0 Å². The summed E-state index contributed by atoms with van der Waals surface area (Å²) < 4.78 is 13.5. The molecule has 2 rings (SSSR count). The molecule has 0 aliphatic heterocycles. The highest BCUT2D eigenvalue weighted by atomic mass is 19.1.